The minimum absolute atomic E-state index is 0.0486. The van der Waals surface area contributed by atoms with E-state index >= 15 is 0 Å². The number of hydrogen-bond acceptors (Lipinski definition) is 3. The van der Waals surface area contributed by atoms with Crippen LogP contribution in [0.2, 0.25) is 0 Å². The Hall–Kier alpha value is -2.04. The quantitative estimate of drug-likeness (QED) is 0.842. The van der Waals surface area contributed by atoms with Crippen LogP contribution in [-0.4, -0.2) is 24.1 Å². The zero-order valence-electron chi connectivity index (χ0n) is 10.7. The Labute approximate surface area is 106 Å². The number of carboxylic acids is 1. The van der Waals surface area contributed by atoms with Crippen molar-refractivity contribution in [3.63, 3.8) is 0 Å². The molecule has 5 heteroatoms. The number of anilines is 1. The second-order valence-corrected chi connectivity index (χ2v) is 4.02. The van der Waals surface area contributed by atoms with Crippen LogP contribution in [0.1, 0.15) is 30.6 Å². The molecule has 0 saturated heterocycles. The highest BCUT2D eigenvalue weighted by molar-refractivity contribution is 6.01. The molecule has 0 aliphatic carbocycles. The molecule has 0 aliphatic rings. The highest BCUT2D eigenvalue weighted by Crippen LogP contribution is 2.23. The summed E-state index contributed by atoms with van der Waals surface area (Å²) >= 11 is 0. The molecule has 18 heavy (non-hydrogen) atoms. The third-order valence-electron chi connectivity index (χ3n) is 2.77. The van der Waals surface area contributed by atoms with Crippen molar-refractivity contribution in [2.24, 2.45) is 5.92 Å². The van der Waals surface area contributed by atoms with E-state index in [0.29, 0.717) is 12.2 Å². The lowest BCUT2D eigenvalue weighted by atomic mass is 10.1. The molecule has 1 amide bonds. The summed E-state index contributed by atoms with van der Waals surface area (Å²) in [4.78, 5) is 22.8. The first kappa shape index (κ1) is 14.0. The van der Waals surface area contributed by atoms with Crippen LogP contribution >= 0.6 is 0 Å². The summed E-state index contributed by atoms with van der Waals surface area (Å²) in [7, 11) is 1.48. The van der Waals surface area contributed by atoms with Gasteiger partial charge in [0.1, 0.15) is 5.75 Å². The van der Waals surface area contributed by atoms with Gasteiger partial charge in [0.15, 0.2) is 0 Å². The molecule has 0 aromatic heterocycles. The van der Waals surface area contributed by atoms with Crippen LogP contribution in [0, 0.1) is 5.92 Å². The Morgan fingerprint density at radius 2 is 2.11 bits per heavy atom. The Balaban J connectivity index is 3.04. The predicted octanol–water partition coefficient (Wildman–Crippen LogP) is 2.38. The average Bonchev–Trinajstić information content (AvgIpc) is 2.37. The third-order valence-corrected chi connectivity index (χ3v) is 2.77. The number of benzene rings is 1. The molecule has 5 nitrogen and oxygen atoms in total. The van der Waals surface area contributed by atoms with Crippen molar-refractivity contribution in [3.8, 4) is 5.75 Å². The highest BCUT2D eigenvalue weighted by Gasteiger charge is 2.16. The van der Waals surface area contributed by atoms with E-state index in [2.05, 4.69) is 5.32 Å². The molecule has 1 atom stereocenters. The monoisotopic (exact) mass is 251 g/mol. The summed E-state index contributed by atoms with van der Waals surface area (Å²) < 4.78 is 5.01. The van der Waals surface area contributed by atoms with Gasteiger partial charge in [-0.2, -0.15) is 0 Å². The van der Waals surface area contributed by atoms with Gasteiger partial charge in [0, 0.05) is 12.0 Å². The molecule has 1 aromatic rings. The van der Waals surface area contributed by atoms with Crippen LogP contribution in [0.3, 0.4) is 0 Å². The molecular weight excluding hydrogens is 234 g/mol. The molecule has 1 unspecified atom stereocenters. The first-order valence-electron chi connectivity index (χ1n) is 5.71. The van der Waals surface area contributed by atoms with Gasteiger partial charge in [0.05, 0.1) is 18.4 Å². The summed E-state index contributed by atoms with van der Waals surface area (Å²) in [5.41, 5.74) is 0.305. The SMILES string of the molecule is CCC(C)C(=O)Nc1cc(OC)ccc1C(=O)O. The fourth-order valence-corrected chi connectivity index (χ4v) is 1.38. The van der Waals surface area contributed by atoms with Crippen molar-refractivity contribution in [2.45, 2.75) is 20.3 Å². The van der Waals surface area contributed by atoms with Crippen LogP contribution in [-0.2, 0) is 4.79 Å². The maximum atomic E-state index is 11.8. The van der Waals surface area contributed by atoms with E-state index in [9.17, 15) is 9.59 Å². The van der Waals surface area contributed by atoms with Gasteiger partial charge in [0.25, 0.3) is 0 Å². The first-order valence-corrected chi connectivity index (χ1v) is 5.71. The van der Waals surface area contributed by atoms with E-state index in [4.69, 9.17) is 9.84 Å². The average molecular weight is 251 g/mol. The summed E-state index contributed by atoms with van der Waals surface area (Å²) in [6, 6.07) is 4.46. The molecule has 0 bridgehead atoms. The normalized spacial score (nSPS) is 11.7. The molecule has 1 aromatic carbocycles. The zero-order valence-corrected chi connectivity index (χ0v) is 10.7. The third kappa shape index (κ3) is 3.23. The minimum Gasteiger partial charge on any atom is -0.497 e. The summed E-state index contributed by atoms with van der Waals surface area (Å²) in [6.07, 6.45) is 0.693. The molecule has 0 saturated carbocycles. The van der Waals surface area contributed by atoms with Gasteiger partial charge in [-0.1, -0.05) is 13.8 Å². The molecular formula is C13H17NO4. The lowest BCUT2D eigenvalue weighted by Gasteiger charge is -2.13. The van der Waals surface area contributed by atoms with Crippen molar-refractivity contribution < 1.29 is 19.4 Å². The summed E-state index contributed by atoms with van der Waals surface area (Å²) in [5, 5.41) is 11.7. The Morgan fingerprint density at radius 1 is 1.44 bits per heavy atom. The number of aromatic carboxylic acids is 1. The van der Waals surface area contributed by atoms with Crippen LogP contribution in [0.4, 0.5) is 5.69 Å². The molecule has 0 spiro atoms. The van der Waals surface area contributed by atoms with Crippen molar-refractivity contribution in [2.75, 3.05) is 12.4 Å². The number of amides is 1. The maximum Gasteiger partial charge on any atom is 0.337 e. The van der Waals surface area contributed by atoms with Crippen LogP contribution < -0.4 is 10.1 Å². The Morgan fingerprint density at radius 3 is 2.61 bits per heavy atom. The fourth-order valence-electron chi connectivity index (χ4n) is 1.38. The topological polar surface area (TPSA) is 75.6 Å². The standard InChI is InChI=1S/C13H17NO4/c1-4-8(2)12(15)14-11-7-9(18-3)5-6-10(11)13(16)17/h5-8H,4H2,1-3H3,(H,14,15)(H,16,17). The highest BCUT2D eigenvalue weighted by atomic mass is 16.5. The first-order chi connectivity index (χ1) is 8.49. The fraction of sp³-hybridized carbons (Fsp3) is 0.385. The predicted molar refractivity (Wildman–Crippen MR) is 68.0 cm³/mol. The van der Waals surface area contributed by atoms with E-state index in [1.165, 1.54) is 19.2 Å². The summed E-state index contributed by atoms with van der Waals surface area (Å²) in [6.45, 7) is 3.68. The number of nitrogens with one attached hydrogen (secondary N) is 1. The van der Waals surface area contributed by atoms with Gasteiger partial charge >= 0.3 is 5.97 Å². The molecule has 0 radical (unpaired) electrons. The number of methoxy groups -OCH3 is 1. The van der Waals surface area contributed by atoms with E-state index in [-0.39, 0.29) is 23.1 Å². The van der Waals surface area contributed by atoms with Crippen LogP contribution in [0.15, 0.2) is 18.2 Å². The summed E-state index contributed by atoms with van der Waals surface area (Å²) in [5.74, 6) is -0.956. The second kappa shape index (κ2) is 6.05. The van der Waals surface area contributed by atoms with Gasteiger partial charge in [-0.05, 0) is 18.6 Å². The van der Waals surface area contributed by atoms with E-state index in [1.54, 1.807) is 13.0 Å². The van der Waals surface area contributed by atoms with Crippen molar-refractivity contribution >= 4 is 17.6 Å². The van der Waals surface area contributed by atoms with Gasteiger partial charge in [-0.25, -0.2) is 4.79 Å². The van der Waals surface area contributed by atoms with E-state index < -0.39 is 5.97 Å². The maximum absolute atomic E-state index is 11.8. The molecule has 1 rings (SSSR count). The molecule has 0 fully saturated rings. The lowest BCUT2D eigenvalue weighted by Crippen LogP contribution is -2.21. The smallest absolute Gasteiger partial charge is 0.337 e. The largest absolute Gasteiger partial charge is 0.497 e. The second-order valence-electron chi connectivity index (χ2n) is 4.02. The van der Waals surface area contributed by atoms with Crippen LogP contribution in [0.25, 0.3) is 0 Å². The van der Waals surface area contributed by atoms with Crippen molar-refractivity contribution in [1.82, 2.24) is 0 Å². The van der Waals surface area contributed by atoms with Gasteiger partial charge in [-0.15, -0.1) is 0 Å². The van der Waals surface area contributed by atoms with E-state index in [0.717, 1.165) is 0 Å². The van der Waals surface area contributed by atoms with Crippen molar-refractivity contribution in [3.05, 3.63) is 23.8 Å². The van der Waals surface area contributed by atoms with Crippen LogP contribution in [0.5, 0.6) is 5.75 Å². The minimum atomic E-state index is -1.09. The Kier molecular flexibility index (Phi) is 4.71. The van der Waals surface area contributed by atoms with Crippen molar-refractivity contribution in [1.29, 1.82) is 0 Å². The number of carboxylic acid groups (broad SMARTS) is 1. The van der Waals surface area contributed by atoms with Gasteiger partial charge in [-0.3, -0.25) is 4.79 Å². The molecule has 0 heterocycles. The number of rotatable bonds is 5. The molecule has 98 valence electrons. The number of ether oxygens (including phenoxy) is 1. The lowest BCUT2D eigenvalue weighted by molar-refractivity contribution is -0.119. The van der Waals surface area contributed by atoms with Gasteiger partial charge in [0.2, 0.25) is 5.91 Å². The zero-order chi connectivity index (χ0) is 13.7. The Bertz CT molecular complexity index is 456. The molecule has 0 aliphatic heterocycles. The van der Waals surface area contributed by atoms with E-state index in [1.807, 2.05) is 6.92 Å². The number of carbonyl (C=O) groups excluding carboxylic acids is 1. The number of carbonyl (C=O) groups is 2. The van der Waals surface area contributed by atoms with Gasteiger partial charge < -0.3 is 15.2 Å². The molecule has 2 N–H and O–H groups in total. The number of hydrogen-bond donors (Lipinski definition) is 2.